The Morgan fingerprint density at radius 2 is 2.23 bits per heavy atom. The molecule has 78 valence electrons. The van der Waals surface area contributed by atoms with Crippen molar-refractivity contribution < 1.29 is 14.3 Å². The van der Waals surface area contributed by atoms with Crippen molar-refractivity contribution in [3.05, 3.63) is 0 Å². The molecule has 0 radical (unpaired) electrons. The van der Waals surface area contributed by atoms with Gasteiger partial charge < -0.3 is 9.47 Å². The largest absolute Gasteiger partial charge is 0.375 e. The number of hydrogen-bond acceptors (Lipinski definition) is 4. The monoisotopic (exact) mass is 189 g/mol. The van der Waals surface area contributed by atoms with Gasteiger partial charge in [-0.05, 0) is 13.3 Å². The van der Waals surface area contributed by atoms with Gasteiger partial charge in [-0.2, -0.15) is 5.06 Å². The molecule has 1 aliphatic rings. The normalized spacial score (nSPS) is 30.7. The molecule has 13 heavy (non-hydrogen) atoms. The number of hydroxylamine groups is 2. The molecule has 4 heteroatoms. The van der Waals surface area contributed by atoms with E-state index in [4.69, 9.17) is 14.3 Å². The Balaban J connectivity index is 2.66. The topological polar surface area (TPSA) is 30.9 Å². The van der Waals surface area contributed by atoms with Crippen molar-refractivity contribution in [3.63, 3.8) is 0 Å². The number of nitrogens with zero attached hydrogens (tertiary/aromatic N) is 1. The Kier molecular flexibility index (Phi) is 4.12. The van der Waals surface area contributed by atoms with Crippen molar-refractivity contribution in [1.82, 2.24) is 5.06 Å². The SMILES string of the molecule is CCOC1(CC)COCCN1OC. The van der Waals surface area contributed by atoms with Gasteiger partial charge >= 0.3 is 0 Å². The molecular formula is C9H19NO3. The van der Waals surface area contributed by atoms with Crippen LogP contribution in [0, 0.1) is 0 Å². The van der Waals surface area contributed by atoms with Crippen molar-refractivity contribution in [2.24, 2.45) is 0 Å². The van der Waals surface area contributed by atoms with Crippen LogP contribution < -0.4 is 0 Å². The predicted molar refractivity (Wildman–Crippen MR) is 49.2 cm³/mol. The lowest BCUT2D eigenvalue weighted by Gasteiger charge is -2.43. The van der Waals surface area contributed by atoms with Crippen molar-refractivity contribution >= 4 is 0 Å². The van der Waals surface area contributed by atoms with Crippen LogP contribution in [0.4, 0.5) is 0 Å². The van der Waals surface area contributed by atoms with E-state index in [0.717, 1.165) is 13.0 Å². The molecule has 0 aromatic rings. The van der Waals surface area contributed by atoms with E-state index >= 15 is 0 Å². The fourth-order valence-electron chi connectivity index (χ4n) is 1.68. The third kappa shape index (κ3) is 2.20. The Labute approximate surface area is 79.7 Å². The summed E-state index contributed by atoms with van der Waals surface area (Å²) in [5.41, 5.74) is -0.373. The van der Waals surface area contributed by atoms with Gasteiger partial charge in [-0.15, -0.1) is 0 Å². The van der Waals surface area contributed by atoms with E-state index in [0.29, 0.717) is 19.8 Å². The maximum Gasteiger partial charge on any atom is 0.166 e. The van der Waals surface area contributed by atoms with E-state index < -0.39 is 0 Å². The quantitative estimate of drug-likeness (QED) is 0.660. The van der Waals surface area contributed by atoms with Crippen molar-refractivity contribution in [1.29, 1.82) is 0 Å². The average molecular weight is 189 g/mol. The number of morpholine rings is 1. The van der Waals surface area contributed by atoms with E-state index in [1.807, 2.05) is 12.0 Å². The highest BCUT2D eigenvalue weighted by atomic mass is 16.7. The van der Waals surface area contributed by atoms with Crippen LogP contribution in [-0.2, 0) is 14.3 Å². The first-order chi connectivity index (χ1) is 6.29. The Morgan fingerprint density at radius 1 is 1.46 bits per heavy atom. The maximum atomic E-state index is 5.70. The summed E-state index contributed by atoms with van der Waals surface area (Å²) in [5.74, 6) is 0. The standard InChI is InChI=1S/C9H19NO3/c1-4-9(13-5-2)8-12-7-6-10(9)11-3/h4-8H2,1-3H3. The second-order valence-electron chi connectivity index (χ2n) is 3.07. The number of hydrogen-bond donors (Lipinski definition) is 0. The first-order valence-corrected chi connectivity index (χ1v) is 4.82. The number of ether oxygens (including phenoxy) is 2. The molecule has 0 aromatic carbocycles. The maximum absolute atomic E-state index is 5.70. The minimum absolute atomic E-state index is 0.373. The van der Waals surface area contributed by atoms with E-state index in [1.54, 1.807) is 7.11 Å². The second kappa shape index (κ2) is 4.91. The van der Waals surface area contributed by atoms with Gasteiger partial charge in [0.15, 0.2) is 5.72 Å². The van der Waals surface area contributed by atoms with E-state index in [9.17, 15) is 0 Å². The average Bonchev–Trinajstić information content (AvgIpc) is 2.19. The molecule has 1 rings (SSSR count). The van der Waals surface area contributed by atoms with Crippen LogP contribution in [0.5, 0.6) is 0 Å². The summed E-state index contributed by atoms with van der Waals surface area (Å²) in [6, 6.07) is 0. The first-order valence-electron chi connectivity index (χ1n) is 4.82. The van der Waals surface area contributed by atoms with Crippen LogP contribution in [0.2, 0.25) is 0 Å². The van der Waals surface area contributed by atoms with Gasteiger partial charge in [0, 0.05) is 6.61 Å². The van der Waals surface area contributed by atoms with Gasteiger partial charge in [0.25, 0.3) is 0 Å². The molecule has 0 aromatic heterocycles. The highest BCUT2D eigenvalue weighted by Gasteiger charge is 2.39. The Morgan fingerprint density at radius 3 is 2.77 bits per heavy atom. The van der Waals surface area contributed by atoms with Gasteiger partial charge in [-0.1, -0.05) is 6.92 Å². The highest BCUT2D eigenvalue weighted by molar-refractivity contribution is 4.78. The third-order valence-electron chi connectivity index (χ3n) is 2.41. The minimum atomic E-state index is -0.373. The molecule has 0 spiro atoms. The zero-order valence-corrected chi connectivity index (χ0v) is 8.71. The zero-order chi connectivity index (χ0) is 9.73. The fraction of sp³-hybridized carbons (Fsp3) is 1.00. The molecule has 0 bridgehead atoms. The lowest BCUT2D eigenvalue weighted by Crippen LogP contribution is -2.57. The molecular weight excluding hydrogens is 170 g/mol. The van der Waals surface area contributed by atoms with Crippen molar-refractivity contribution in [2.45, 2.75) is 26.0 Å². The summed E-state index contributed by atoms with van der Waals surface area (Å²) in [6.45, 7) is 6.81. The molecule has 0 amide bonds. The molecule has 4 nitrogen and oxygen atoms in total. The molecule has 0 saturated carbocycles. The smallest absolute Gasteiger partial charge is 0.166 e. The summed E-state index contributed by atoms with van der Waals surface area (Å²) in [7, 11) is 1.68. The molecule has 1 saturated heterocycles. The van der Waals surface area contributed by atoms with Gasteiger partial charge in [0.1, 0.15) is 0 Å². The summed E-state index contributed by atoms with van der Waals surface area (Å²) in [5, 5.41) is 1.88. The molecule has 1 heterocycles. The molecule has 1 fully saturated rings. The predicted octanol–water partition coefficient (Wildman–Crippen LogP) is 1.02. The van der Waals surface area contributed by atoms with Crippen LogP contribution in [0.25, 0.3) is 0 Å². The second-order valence-corrected chi connectivity index (χ2v) is 3.07. The third-order valence-corrected chi connectivity index (χ3v) is 2.41. The molecule has 1 atom stereocenters. The van der Waals surface area contributed by atoms with Gasteiger partial charge in [0.05, 0.1) is 26.9 Å². The van der Waals surface area contributed by atoms with Gasteiger partial charge in [0.2, 0.25) is 0 Å². The van der Waals surface area contributed by atoms with E-state index in [-0.39, 0.29) is 5.72 Å². The zero-order valence-electron chi connectivity index (χ0n) is 8.71. The van der Waals surface area contributed by atoms with E-state index in [1.165, 1.54) is 0 Å². The fourth-order valence-corrected chi connectivity index (χ4v) is 1.68. The Bertz CT molecular complexity index is 150. The first kappa shape index (κ1) is 10.9. The summed E-state index contributed by atoms with van der Waals surface area (Å²) < 4.78 is 11.1. The lowest BCUT2D eigenvalue weighted by molar-refractivity contribution is -0.335. The lowest BCUT2D eigenvalue weighted by atomic mass is 10.1. The Hall–Kier alpha value is -0.160. The van der Waals surface area contributed by atoms with Crippen LogP contribution in [0.3, 0.4) is 0 Å². The van der Waals surface area contributed by atoms with Crippen molar-refractivity contribution in [3.8, 4) is 0 Å². The molecule has 1 unspecified atom stereocenters. The van der Waals surface area contributed by atoms with E-state index in [2.05, 4.69) is 6.92 Å². The summed E-state index contributed by atoms with van der Waals surface area (Å²) in [6.07, 6.45) is 0.870. The van der Waals surface area contributed by atoms with Crippen LogP contribution in [0.1, 0.15) is 20.3 Å². The van der Waals surface area contributed by atoms with Gasteiger partial charge in [-0.25, -0.2) is 0 Å². The van der Waals surface area contributed by atoms with Crippen LogP contribution >= 0.6 is 0 Å². The number of rotatable bonds is 4. The van der Waals surface area contributed by atoms with Gasteiger partial charge in [-0.3, -0.25) is 4.84 Å². The highest BCUT2D eigenvalue weighted by Crippen LogP contribution is 2.25. The molecule has 1 aliphatic heterocycles. The minimum Gasteiger partial charge on any atom is -0.375 e. The summed E-state index contributed by atoms with van der Waals surface area (Å²) in [4.78, 5) is 5.28. The summed E-state index contributed by atoms with van der Waals surface area (Å²) >= 11 is 0. The van der Waals surface area contributed by atoms with Crippen LogP contribution in [0.15, 0.2) is 0 Å². The molecule has 0 aliphatic carbocycles. The molecule has 0 N–H and O–H groups in total. The van der Waals surface area contributed by atoms with Crippen molar-refractivity contribution in [2.75, 3.05) is 33.5 Å². The van der Waals surface area contributed by atoms with Crippen LogP contribution in [-0.4, -0.2) is 44.3 Å².